The maximum atomic E-state index is 6.03. The van der Waals surface area contributed by atoms with Gasteiger partial charge in [0.2, 0.25) is 17.2 Å². The van der Waals surface area contributed by atoms with Crippen molar-refractivity contribution >= 4 is 23.5 Å². The van der Waals surface area contributed by atoms with Crippen molar-refractivity contribution in [1.82, 2.24) is 19.9 Å². The first kappa shape index (κ1) is 14.8. The second kappa shape index (κ2) is 6.32. The van der Waals surface area contributed by atoms with E-state index >= 15 is 0 Å². The molecule has 7 heteroatoms. The predicted molar refractivity (Wildman–Crippen MR) is 85.0 cm³/mol. The molecule has 2 aliphatic rings. The van der Waals surface area contributed by atoms with E-state index in [1.54, 1.807) is 0 Å². The van der Waals surface area contributed by atoms with Crippen LogP contribution in [0.25, 0.3) is 0 Å². The van der Waals surface area contributed by atoms with Gasteiger partial charge in [-0.15, -0.1) is 0 Å². The Morgan fingerprint density at radius 3 is 2.67 bits per heavy atom. The second-order valence-electron chi connectivity index (χ2n) is 6.05. The quantitative estimate of drug-likeness (QED) is 0.867. The van der Waals surface area contributed by atoms with Gasteiger partial charge in [0.1, 0.15) is 0 Å². The molecule has 6 nitrogen and oxygen atoms in total. The Labute approximate surface area is 130 Å². The lowest BCUT2D eigenvalue weighted by Crippen LogP contribution is -2.36. The molecule has 1 N–H and O–H groups in total. The molecule has 0 amide bonds. The van der Waals surface area contributed by atoms with E-state index in [1.165, 1.54) is 25.7 Å². The highest BCUT2D eigenvalue weighted by Gasteiger charge is 2.29. The Hall–Kier alpha value is -1.14. The van der Waals surface area contributed by atoms with Gasteiger partial charge in [-0.05, 0) is 51.3 Å². The van der Waals surface area contributed by atoms with Gasteiger partial charge in [-0.25, -0.2) is 0 Å². The molecule has 2 fully saturated rings. The molecule has 1 atom stereocenters. The summed E-state index contributed by atoms with van der Waals surface area (Å²) in [5.41, 5.74) is 0. The first-order chi connectivity index (χ1) is 10.1. The van der Waals surface area contributed by atoms with Crippen LogP contribution in [0.15, 0.2) is 0 Å². The number of halogens is 1. The third kappa shape index (κ3) is 3.74. The van der Waals surface area contributed by atoms with Crippen LogP contribution in [-0.2, 0) is 0 Å². The standard InChI is InChI=1S/C14H23ClN6/c1-10(20(2)11-5-6-11)9-16-13-17-12(15)18-14(19-13)21-7-3-4-8-21/h10-11H,3-9H2,1-2H3,(H,16,17,18,19). The number of likely N-dealkylation sites (N-methyl/N-ethyl adjacent to an activating group) is 1. The topological polar surface area (TPSA) is 57.2 Å². The van der Waals surface area contributed by atoms with Crippen molar-refractivity contribution in [3.63, 3.8) is 0 Å². The molecule has 1 saturated heterocycles. The third-order valence-corrected chi connectivity index (χ3v) is 4.53. The van der Waals surface area contributed by atoms with Crippen LogP contribution < -0.4 is 10.2 Å². The highest BCUT2D eigenvalue weighted by atomic mass is 35.5. The predicted octanol–water partition coefficient (Wildman–Crippen LogP) is 2.02. The molecule has 1 aliphatic carbocycles. The van der Waals surface area contributed by atoms with Crippen LogP contribution in [0.4, 0.5) is 11.9 Å². The normalized spacial score (nSPS) is 20.1. The Bertz CT molecular complexity index is 486. The molecule has 1 aromatic heterocycles. The lowest BCUT2D eigenvalue weighted by molar-refractivity contribution is 0.257. The Kier molecular flexibility index (Phi) is 4.45. The van der Waals surface area contributed by atoms with Crippen molar-refractivity contribution in [2.75, 3.05) is 36.9 Å². The Morgan fingerprint density at radius 2 is 2.00 bits per heavy atom. The Balaban J connectivity index is 1.61. The number of aromatic nitrogens is 3. The average molecular weight is 311 g/mol. The molecule has 1 saturated carbocycles. The molecule has 3 rings (SSSR count). The van der Waals surface area contributed by atoms with E-state index in [-0.39, 0.29) is 5.28 Å². The molecular formula is C14H23ClN6. The highest BCUT2D eigenvalue weighted by molar-refractivity contribution is 6.28. The second-order valence-corrected chi connectivity index (χ2v) is 6.39. The first-order valence-electron chi connectivity index (χ1n) is 7.76. The summed E-state index contributed by atoms with van der Waals surface area (Å²) in [7, 11) is 2.18. The lowest BCUT2D eigenvalue weighted by Gasteiger charge is -2.24. The molecule has 0 radical (unpaired) electrons. The maximum absolute atomic E-state index is 6.03. The summed E-state index contributed by atoms with van der Waals surface area (Å²) in [5.74, 6) is 1.27. The minimum Gasteiger partial charge on any atom is -0.352 e. The zero-order valence-corrected chi connectivity index (χ0v) is 13.5. The summed E-state index contributed by atoms with van der Waals surface area (Å²) in [6, 6.07) is 1.20. The number of nitrogens with zero attached hydrogens (tertiary/aromatic N) is 5. The van der Waals surface area contributed by atoms with Crippen LogP contribution in [0.1, 0.15) is 32.6 Å². The van der Waals surface area contributed by atoms with Crippen LogP contribution in [0.5, 0.6) is 0 Å². The molecule has 116 valence electrons. The molecule has 0 aromatic carbocycles. The fraction of sp³-hybridized carbons (Fsp3) is 0.786. The maximum Gasteiger partial charge on any atom is 0.231 e. The van der Waals surface area contributed by atoms with E-state index in [0.29, 0.717) is 17.9 Å². The number of rotatable bonds is 6. The lowest BCUT2D eigenvalue weighted by atomic mass is 10.3. The van der Waals surface area contributed by atoms with E-state index in [4.69, 9.17) is 11.6 Å². The summed E-state index contributed by atoms with van der Waals surface area (Å²) in [5, 5.41) is 3.56. The molecule has 1 unspecified atom stereocenters. The molecule has 0 bridgehead atoms. The third-order valence-electron chi connectivity index (χ3n) is 4.36. The van der Waals surface area contributed by atoms with Crippen LogP contribution in [0, 0.1) is 0 Å². The molecular weight excluding hydrogens is 288 g/mol. The number of anilines is 2. The van der Waals surface area contributed by atoms with Crippen molar-refractivity contribution in [3.05, 3.63) is 5.28 Å². The molecule has 21 heavy (non-hydrogen) atoms. The van der Waals surface area contributed by atoms with Gasteiger partial charge in [0.15, 0.2) is 0 Å². The van der Waals surface area contributed by atoms with Gasteiger partial charge in [0.25, 0.3) is 0 Å². The van der Waals surface area contributed by atoms with Gasteiger partial charge in [0, 0.05) is 31.7 Å². The summed E-state index contributed by atoms with van der Waals surface area (Å²) in [6.45, 7) is 5.03. The summed E-state index contributed by atoms with van der Waals surface area (Å²) in [4.78, 5) is 17.5. The number of hydrogen-bond acceptors (Lipinski definition) is 6. The summed E-state index contributed by atoms with van der Waals surface area (Å²) in [6.07, 6.45) is 5.01. The van der Waals surface area contributed by atoms with Crippen molar-refractivity contribution in [2.45, 2.75) is 44.7 Å². The van der Waals surface area contributed by atoms with Gasteiger partial charge in [-0.2, -0.15) is 15.0 Å². The van der Waals surface area contributed by atoms with E-state index in [9.17, 15) is 0 Å². The van der Waals surface area contributed by atoms with Crippen LogP contribution in [-0.4, -0.2) is 58.6 Å². The van der Waals surface area contributed by atoms with Gasteiger partial charge in [0.05, 0.1) is 0 Å². The minimum absolute atomic E-state index is 0.262. The van der Waals surface area contributed by atoms with Gasteiger partial charge < -0.3 is 10.2 Å². The smallest absolute Gasteiger partial charge is 0.231 e. The van der Waals surface area contributed by atoms with Crippen molar-refractivity contribution in [1.29, 1.82) is 0 Å². The van der Waals surface area contributed by atoms with Crippen LogP contribution in [0.3, 0.4) is 0 Å². The number of hydrogen-bond donors (Lipinski definition) is 1. The fourth-order valence-corrected chi connectivity index (χ4v) is 2.86. The first-order valence-corrected chi connectivity index (χ1v) is 8.13. The SMILES string of the molecule is CC(CNc1nc(Cl)nc(N2CCCC2)n1)N(C)C1CC1. The van der Waals surface area contributed by atoms with Crippen molar-refractivity contribution < 1.29 is 0 Å². The Morgan fingerprint density at radius 1 is 1.29 bits per heavy atom. The molecule has 1 aromatic rings. The van der Waals surface area contributed by atoms with E-state index in [2.05, 4.69) is 44.0 Å². The highest BCUT2D eigenvalue weighted by Crippen LogP contribution is 2.27. The molecule has 0 spiro atoms. The largest absolute Gasteiger partial charge is 0.352 e. The van der Waals surface area contributed by atoms with Crippen LogP contribution in [0.2, 0.25) is 5.28 Å². The van der Waals surface area contributed by atoms with Gasteiger partial charge in [-0.1, -0.05) is 0 Å². The number of nitrogens with one attached hydrogen (secondary N) is 1. The monoisotopic (exact) mass is 310 g/mol. The van der Waals surface area contributed by atoms with Gasteiger partial charge >= 0.3 is 0 Å². The van der Waals surface area contributed by atoms with E-state index in [1.807, 2.05) is 0 Å². The van der Waals surface area contributed by atoms with E-state index in [0.717, 1.165) is 25.7 Å². The minimum atomic E-state index is 0.262. The zero-order valence-electron chi connectivity index (χ0n) is 12.7. The summed E-state index contributed by atoms with van der Waals surface area (Å²) < 4.78 is 0. The zero-order chi connectivity index (χ0) is 14.8. The van der Waals surface area contributed by atoms with Crippen LogP contribution >= 0.6 is 11.6 Å². The summed E-state index contributed by atoms with van der Waals surface area (Å²) >= 11 is 6.03. The molecule has 2 heterocycles. The van der Waals surface area contributed by atoms with Crippen molar-refractivity contribution in [3.8, 4) is 0 Å². The fourth-order valence-electron chi connectivity index (χ4n) is 2.70. The average Bonchev–Trinajstić information content (AvgIpc) is 3.17. The van der Waals surface area contributed by atoms with Gasteiger partial charge in [-0.3, -0.25) is 4.90 Å². The molecule has 1 aliphatic heterocycles. The van der Waals surface area contributed by atoms with Crippen molar-refractivity contribution in [2.24, 2.45) is 0 Å². The van der Waals surface area contributed by atoms with E-state index < -0.39 is 0 Å².